The van der Waals surface area contributed by atoms with E-state index >= 15 is 0 Å². The van der Waals surface area contributed by atoms with Crippen molar-refractivity contribution in [3.8, 4) is 22.4 Å². The maximum Gasteiger partial charge on any atom is 0.157 e. The van der Waals surface area contributed by atoms with E-state index in [1.54, 1.807) is 12.3 Å². The predicted octanol–water partition coefficient (Wildman–Crippen LogP) is 5.80. The first kappa shape index (κ1) is 18.4. The van der Waals surface area contributed by atoms with Gasteiger partial charge in [-0.3, -0.25) is 4.98 Å². The molecule has 0 spiro atoms. The molecule has 3 aromatic rings. The summed E-state index contributed by atoms with van der Waals surface area (Å²) in [5, 5.41) is 0. The van der Waals surface area contributed by atoms with Crippen LogP contribution in [0, 0.1) is 5.82 Å². The zero-order valence-electron chi connectivity index (χ0n) is 12.7. The van der Waals surface area contributed by atoms with Crippen LogP contribution in [0.4, 0.5) is 4.39 Å². The van der Waals surface area contributed by atoms with Crippen molar-refractivity contribution in [2.45, 2.75) is 5.75 Å². The Morgan fingerprint density at radius 1 is 1.04 bits per heavy atom. The summed E-state index contributed by atoms with van der Waals surface area (Å²) in [5.74, 6) is -0.758. The molecule has 0 saturated carbocycles. The summed E-state index contributed by atoms with van der Waals surface area (Å²) in [6, 6.07) is 14.2. The summed E-state index contributed by atoms with van der Waals surface area (Å²) < 4.78 is 35.9. The van der Waals surface area contributed by atoms with Crippen LogP contribution in [-0.4, -0.2) is 13.7 Å². The van der Waals surface area contributed by atoms with Gasteiger partial charge in [-0.15, -0.1) is 0 Å². The minimum Gasteiger partial charge on any atom is -0.306 e. The van der Waals surface area contributed by atoms with Gasteiger partial charge in [0.1, 0.15) is 5.82 Å². The van der Waals surface area contributed by atoms with Crippen LogP contribution in [0.25, 0.3) is 22.4 Å². The van der Waals surface area contributed by atoms with Gasteiger partial charge in [0.05, 0.1) is 11.4 Å². The number of pyridine rings is 1. The summed E-state index contributed by atoms with van der Waals surface area (Å²) in [4.78, 5) is 4.41. The Bertz CT molecular complexity index is 945. The van der Waals surface area contributed by atoms with Crippen LogP contribution < -0.4 is 0 Å². The first-order chi connectivity index (χ1) is 11.9. The lowest BCUT2D eigenvalue weighted by molar-refractivity contribution is 0.559. The molecule has 0 bridgehead atoms. The molecule has 3 rings (SSSR count). The van der Waals surface area contributed by atoms with Crippen molar-refractivity contribution in [2.24, 2.45) is 0 Å². The highest BCUT2D eigenvalue weighted by Crippen LogP contribution is 2.34. The van der Waals surface area contributed by atoms with Crippen molar-refractivity contribution < 1.29 is 13.2 Å². The standard InChI is InChI=1S/C18H12Br2FNO2S/c19-14-6-13(7-15(20)9-14)16-2-1-5-22-18(16)11-3-4-12(10-25(23)24)17(21)8-11/h1-9H,10H2,(H,23,24). The molecule has 0 aliphatic rings. The largest absolute Gasteiger partial charge is 0.306 e. The molecule has 2 aromatic carbocycles. The molecule has 3 nitrogen and oxygen atoms in total. The highest BCUT2D eigenvalue weighted by Gasteiger charge is 2.13. The zero-order chi connectivity index (χ0) is 18.0. The van der Waals surface area contributed by atoms with E-state index in [4.69, 9.17) is 4.55 Å². The molecule has 1 unspecified atom stereocenters. The van der Waals surface area contributed by atoms with Crippen LogP contribution in [-0.2, 0) is 16.8 Å². The second-order valence-corrected chi connectivity index (χ2v) is 8.09. The number of hydrogen-bond donors (Lipinski definition) is 1. The lowest BCUT2D eigenvalue weighted by atomic mass is 9.99. The molecule has 128 valence electrons. The molecular formula is C18H12Br2FNO2S. The van der Waals surface area contributed by atoms with Gasteiger partial charge in [0.2, 0.25) is 0 Å². The maximum absolute atomic E-state index is 14.3. The van der Waals surface area contributed by atoms with E-state index in [1.807, 2.05) is 30.3 Å². The van der Waals surface area contributed by atoms with Crippen LogP contribution in [0.3, 0.4) is 0 Å². The summed E-state index contributed by atoms with van der Waals surface area (Å²) in [6.07, 6.45) is 1.65. The van der Waals surface area contributed by atoms with E-state index in [2.05, 4.69) is 36.8 Å². The predicted molar refractivity (Wildman–Crippen MR) is 105 cm³/mol. The monoisotopic (exact) mass is 483 g/mol. The molecular weight excluding hydrogens is 473 g/mol. The summed E-state index contributed by atoms with van der Waals surface area (Å²) in [5.41, 5.74) is 3.25. The van der Waals surface area contributed by atoms with Crippen LogP contribution in [0.1, 0.15) is 5.56 Å². The number of halogens is 3. The minimum atomic E-state index is -2.08. The van der Waals surface area contributed by atoms with Crippen molar-refractivity contribution in [1.29, 1.82) is 0 Å². The molecule has 25 heavy (non-hydrogen) atoms. The Kier molecular flexibility index (Phi) is 5.78. The van der Waals surface area contributed by atoms with E-state index in [9.17, 15) is 8.60 Å². The van der Waals surface area contributed by atoms with Crippen molar-refractivity contribution in [3.05, 3.63) is 75.1 Å². The second-order valence-electron chi connectivity index (χ2n) is 5.33. The number of benzene rings is 2. The number of hydrogen-bond acceptors (Lipinski definition) is 2. The average Bonchev–Trinajstić information content (AvgIpc) is 2.55. The van der Waals surface area contributed by atoms with E-state index in [0.717, 1.165) is 20.1 Å². The zero-order valence-corrected chi connectivity index (χ0v) is 16.7. The van der Waals surface area contributed by atoms with E-state index < -0.39 is 16.9 Å². The molecule has 0 aliphatic carbocycles. The van der Waals surface area contributed by atoms with Crippen LogP contribution in [0.15, 0.2) is 63.7 Å². The quantitative estimate of drug-likeness (QED) is 0.476. The van der Waals surface area contributed by atoms with E-state index in [0.29, 0.717) is 11.3 Å². The van der Waals surface area contributed by atoms with Gasteiger partial charge < -0.3 is 4.55 Å². The van der Waals surface area contributed by atoms with Gasteiger partial charge in [0.15, 0.2) is 11.1 Å². The summed E-state index contributed by atoms with van der Waals surface area (Å²) in [7, 11) is 0. The Morgan fingerprint density at radius 2 is 1.76 bits per heavy atom. The molecule has 1 atom stereocenters. The first-order valence-electron chi connectivity index (χ1n) is 7.22. The number of aromatic nitrogens is 1. The fourth-order valence-corrected chi connectivity index (χ4v) is 4.32. The fourth-order valence-electron chi connectivity index (χ4n) is 2.52. The summed E-state index contributed by atoms with van der Waals surface area (Å²) >= 11 is 4.86. The Balaban J connectivity index is 2.10. The minimum absolute atomic E-state index is 0.201. The average molecular weight is 485 g/mol. The van der Waals surface area contributed by atoms with Gasteiger partial charge in [-0.05, 0) is 35.9 Å². The highest BCUT2D eigenvalue weighted by atomic mass is 79.9. The topological polar surface area (TPSA) is 50.2 Å². The van der Waals surface area contributed by atoms with Crippen LogP contribution >= 0.6 is 31.9 Å². The smallest absolute Gasteiger partial charge is 0.157 e. The molecule has 0 radical (unpaired) electrons. The van der Waals surface area contributed by atoms with Gasteiger partial charge in [0.25, 0.3) is 0 Å². The van der Waals surface area contributed by atoms with Crippen molar-refractivity contribution in [2.75, 3.05) is 0 Å². The number of rotatable bonds is 4. The third-order valence-corrected chi connectivity index (χ3v) is 5.06. The van der Waals surface area contributed by atoms with Gasteiger partial charge in [0, 0.05) is 31.8 Å². The highest BCUT2D eigenvalue weighted by molar-refractivity contribution is 9.11. The number of nitrogens with zero attached hydrogens (tertiary/aromatic N) is 1. The van der Waals surface area contributed by atoms with Gasteiger partial charge in [-0.25, -0.2) is 8.60 Å². The van der Waals surface area contributed by atoms with E-state index in [1.165, 1.54) is 12.1 Å². The molecule has 7 heteroatoms. The van der Waals surface area contributed by atoms with Crippen LogP contribution in [0.2, 0.25) is 0 Å². The Labute approximate surface area is 163 Å². The lowest BCUT2D eigenvalue weighted by Crippen LogP contribution is -1.97. The first-order valence-corrected chi connectivity index (χ1v) is 10.1. The van der Waals surface area contributed by atoms with Gasteiger partial charge in [-0.1, -0.05) is 50.1 Å². The normalized spacial score (nSPS) is 12.2. The Morgan fingerprint density at radius 3 is 2.40 bits per heavy atom. The second kappa shape index (κ2) is 7.86. The van der Waals surface area contributed by atoms with Gasteiger partial charge in [-0.2, -0.15) is 0 Å². The third kappa shape index (κ3) is 4.41. The van der Waals surface area contributed by atoms with Crippen molar-refractivity contribution in [3.63, 3.8) is 0 Å². The summed E-state index contributed by atoms with van der Waals surface area (Å²) in [6.45, 7) is 0. The molecule has 0 amide bonds. The van der Waals surface area contributed by atoms with Crippen LogP contribution in [0.5, 0.6) is 0 Å². The molecule has 0 saturated heterocycles. The molecule has 1 aromatic heterocycles. The molecule has 0 aliphatic heterocycles. The van der Waals surface area contributed by atoms with Gasteiger partial charge >= 0.3 is 0 Å². The van der Waals surface area contributed by atoms with Crippen molar-refractivity contribution in [1.82, 2.24) is 4.98 Å². The van der Waals surface area contributed by atoms with E-state index in [-0.39, 0.29) is 11.3 Å². The molecule has 1 N–H and O–H groups in total. The maximum atomic E-state index is 14.3. The molecule has 0 fully saturated rings. The molecule has 1 heterocycles. The van der Waals surface area contributed by atoms with Crippen molar-refractivity contribution >= 4 is 42.9 Å². The lowest BCUT2D eigenvalue weighted by Gasteiger charge is -2.11. The fraction of sp³-hybridized carbons (Fsp3) is 0.0556. The SMILES string of the molecule is O=S(O)Cc1ccc(-c2ncccc2-c2cc(Br)cc(Br)c2)cc1F. The Hall–Kier alpha value is -1.41. The third-order valence-electron chi connectivity index (χ3n) is 3.59.